The first-order valence-electron chi connectivity index (χ1n) is 5.47. The van der Waals surface area contributed by atoms with Crippen molar-refractivity contribution in [2.24, 2.45) is 5.73 Å². The highest BCUT2D eigenvalue weighted by atomic mass is 79.9. The Hall–Kier alpha value is -0.780. The zero-order valence-corrected chi connectivity index (χ0v) is 11.9. The Bertz CT molecular complexity index is 521. The molecule has 0 saturated carbocycles. The molecule has 1 unspecified atom stereocenters. The highest BCUT2D eigenvalue weighted by Crippen LogP contribution is 2.22. The van der Waals surface area contributed by atoms with Gasteiger partial charge >= 0.3 is 0 Å². The SMILES string of the molecule is NC(Cc1cc(Br)cs1)Cc1c(F)cccc1F. The minimum Gasteiger partial charge on any atom is -0.327 e. The highest BCUT2D eigenvalue weighted by molar-refractivity contribution is 9.10. The molecule has 1 aromatic carbocycles. The zero-order chi connectivity index (χ0) is 13.1. The monoisotopic (exact) mass is 331 g/mol. The molecule has 0 aliphatic carbocycles. The van der Waals surface area contributed by atoms with Crippen molar-refractivity contribution >= 4 is 27.3 Å². The van der Waals surface area contributed by atoms with E-state index in [-0.39, 0.29) is 18.0 Å². The largest absolute Gasteiger partial charge is 0.327 e. The second kappa shape index (κ2) is 5.91. The average Bonchev–Trinajstić information content (AvgIpc) is 2.69. The van der Waals surface area contributed by atoms with Gasteiger partial charge in [-0.1, -0.05) is 6.07 Å². The normalized spacial score (nSPS) is 12.7. The topological polar surface area (TPSA) is 26.0 Å². The van der Waals surface area contributed by atoms with Crippen LogP contribution in [0.4, 0.5) is 8.78 Å². The lowest BCUT2D eigenvalue weighted by Crippen LogP contribution is -2.26. The minimum atomic E-state index is -0.530. The van der Waals surface area contributed by atoms with E-state index in [9.17, 15) is 8.78 Å². The quantitative estimate of drug-likeness (QED) is 0.903. The lowest BCUT2D eigenvalue weighted by Gasteiger charge is -2.11. The maximum absolute atomic E-state index is 13.5. The van der Waals surface area contributed by atoms with Crippen molar-refractivity contribution in [3.8, 4) is 0 Å². The van der Waals surface area contributed by atoms with E-state index in [0.717, 1.165) is 9.35 Å². The van der Waals surface area contributed by atoms with Gasteiger partial charge in [0.05, 0.1) is 0 Å². The van der Waals surface area contributed by atoms with E-state index in [2.05, 4.69) is 15.9 Å². The molecule has 18 heavy (non-hydrogen) atoms. The third-order valence-electron chi connectivity index (χ3n) is 2.61. The molecule has 1 aromatic heterocycles. The van der Waals surface area contributed by atoms with E-state index in [1.54, 1.807) is 11.3 Å². The number of rotatable bonds is 4. The molecular formula is C13H12BrF2NS. The molecular weight excluding hydrogens is 320 g/mol. The van der Waals surface area contributed by atoms with Gasteiger partial charge in [-0.05, 0) is 47.0 Å². The third kappa shape index (κ3) is 3.37. The van der Waals surface area contributed by atoms with Crippen LogP contribution in [0.25, 0.3) is 0 Å². The molecule has 0 amide bonds. The Labute approximate surface area is 117 Å². The van der Waals surface area contributed by atoms with Crippen molar-refractivity contribution in [3.63, 3.8) is 0 Å². The fourth-order valence-corrected chi connectivity index (χ4v) is 3.33. The Morgan fingerprint density at radius 2 is 1.89 bits per heavy atom. The van der Waals surface area contributed by atoms with Gasteiger partial charge in [-0.15, -0.1) is 11.3 Å². The molecule has 1 heterocycles. The van der Waals surface area contributed by atoms with Crippen molar-refractivity contribution in [2.45, 2.75) is 18.9 Å². The summed E-state index contributed by atoms with van der Waals surface area (Å²) in [5, 5.41) is 1.96. The standard InChI is InChI=1S/C13H12BrF2NS/c14-8-4-10(18-7-8)5-9(17)6-11-12(15)2-1-3-13(11)16/h1-4,7,9H,5-6,17H2. The van der Waals surface area contributed by atoms with Gasteiger partial charge in [-0.25, -0.2) is 8.78 Å². The maximum Gasteiger partial charge on any atom is 0.129 e. The van der Waals surface area contributed by atoms with E-state index in [1.165, 1.54) is 18.2 Å². The lowest BCUT2D eigenvalue weighted by molar-refractivity contribution is 0.534. The minimum absolute atomic E-state index is 0.0700. The first kappa shape index (κ1) is 13.6. The van der Waals surface area contributed by atoms with Crippen LogP contribution in [0.5, 0.6) is 0 Å². The summed E-state index contributed by atoms with van der Waals surface area (Å²) in [6.07, 6.45) is 0.818. The van der Waals surface area contributed by atoms with Crippen molar-refractivity contribution in [1.29, 1.82) is 0 Å². The molecule has 2 aromatic rings. The summed E-state index contributed by atoms with van der Waals surface area (Å²) in [7, 11) is 0. The van der Waals surface area contributed by atoms with Crippen LogP contribution in [0.3, 0.4) is 0 Å². The molecule has 5 heteroatoms. The maximum atomic E-state index is 13.5. The van der Waals surface area contributed by atoms with Crippen molar-refractivity contribution < 1.29 is 8.78 Å². The van der Waals surface area contributed by atoms with E-state index in [4.69, 9.17) is 5.73 Å². The second-order valence-corrected chi connectivity index (χ2v) is 6.01. The summed E-state index contributed by atoms with van der Waals surface area (Å²) in [4.78, 5) is 1.10. The van der Waals surface area contributed by atoms with E-state index >= 15 is 0 Å². The highest BCUT2D eigenvalue weighted by Gasteiger charge is 2.13. The van der Waals surface area contributed by atoms with Gasteiger partial charge in [0.2, 0.25) is 0 Å². The summed E-state index contributed by atoms with van der Waals surface area (Å²) in [6.45, 7) is 0. The fraction of sp³-hybridized carbons (Fsp3) is 0.231. The van der Waals surface area contributed by atoms with Crippen molar-refractivity contribution in [1.82, 2.24) is 0 Å². The summed E-state index contributed by atoms with van der Waals surface area (Å²) in [5.74, 6) is -1.06. The van der Waals surface area contributed by atoms with Crippen LogP contribution in [0.2, 0.25) is 0 Å². The predicted octanol–water partition coefficient (Wildman–Crippen LogP) is 3.90. The number of hydrogen-bond donors (Lipinski definition) is 1. The molecule has 1 atom stereocenters. The summed E-state index contributed by atoms with van der Waals surface area (Å²) >= 11 is 4.94. The van der Waals surface area contributed by atoms with Crippen LogP contribution in [-0.4, -0.2) is 6.04 Å². The van der Waals surface area contributed by atoms with Gasteiger partial charge in [0.15, 0.2) is 0 Å². The number of halogens is 3. The van der Waals surface area contributed by atoms with E-state index in [1.807, 2.05) is 11.4 Å². The summed E-state index contributed by atoms with van der Waals surface area (Å²) < 4.78 is 27.9. The molecule has 0 fully saturated rings. The van der Waals surface area contributed by atoms with Crippen LogP contribution in [0.15, 0.2) is 34.1 Å². The van der Waals surface area contributed by atoms with Gasteiger partial charge in [-0.2, -0.15) is 0 Å². The smallest absolute Gasteiger partial charge is 0.129 e. The molecule has 0 saturated heterocycles. The van der Waals surface area contributed by atoms with E-state index in [0.29, 0.717) is 6.42 Å². The summed E-state index contributed by atoms with van der Waals surface area (Å²) in [5.41, 5.74) is 6.01. The van der Waals surface area contributed by atoms with Gasteiger partial charge in [0, 0.05) is 26.3 Å². The van der Waals surface area contributed by atoms with Crippen LogP contribution in [0.1, 0.15) is 10.4 Å². The van der Waals surface area contributed by atoms with Crippen molar-refractivity contribution in [2.75, 3.05) is 0 Å². The molecule has 2 N–H and O–H groups in total. The first-order chi connectivity index (χ1) is 8.56. The van der Waals surface area contributed by atoms with Gasteiger partial charge < -0.3 is 5.73 Å². The summed E-state index contributed by atoms with van der Waals surface area (Å²) in [6, 6.07) is 5.56. The van der Waals surface area contributed by atoms with Gasteiger partial charge in [-0.3, -0.25) is 0 Å². The Kier molecular flexibility index (Phi) is 4.48. The molecule has 0 bridgehead atoms. The average molecular weight is 332 g/mol. The third-order valence-corrected chi connectivity index (χ3v) is 4.33. The van der Waals surface area contributed by atoms with Crippen molar-refractivity contribution in [3.05, 3.63) is 56.2 Å². The van der Waals surface area contributed by atoms with Gasteiger partial charge in [0.25, 0.3) is 0 Å². The molecule has 0 aliphatic heterocycles. The van der Waals surface area contributed by atoms with Crippen LogP contribution in [0, 0.1) is 11.6 Å². The number of nitrogens with two attached hydrogens (primary N) is 1. The Morgan fingerprint density at radius 3 is 2.44 bits per heavy atom. The number of hydrogen-bond acceptors (Lipinski definition) is 2. The van der Waals surface area contributed by atoms with Crippen LogP contribution < -0.4 is 5.73 Å². The predicted molar refractivity (Wildman–Crippen MR) is 73.8 cm³/mol. The Morgan fingerprint density at radius 1 is 1.22 bits per heavy atom. The second-order valence-electron chi connectivity index (χ2n) is 4.10. The van der Waals surface area contributed by atoms with Crippen LogP contribution >= 0.6 is 27.3 Å². The Balaban J connectivity index is 2.05. The van der Waals surface area contributed by atoms with Crippen LogP contribution in [-0.2, 0) is 12.8 Å². The molecule has 96 valence electrons. The van der Waals surface area contributed by atoms with E-state index < -0.39 is 11.6 Å². The lowest BCUT2D eigenvalue weighted by atomic mass is 10.0. The molecule has 2 rings (SSSR count). The fourth-order valence-electron chi connectivity index (χ4n) is 1.78. The molecule has 0 spiro atoms. The molecule has 0 radical (unpaired) electrons. The first-order valence-corrected chi connectivity index (χ1v) is 7.15. The number of benzene rings is 1. The molecule has 1 nitrogen and oxygen atoms in total. The zero-order valence-electron chi connectivity index (χ0n) is 9.50. The van der Waals surface area contributed by atoms with Gasteiger partial charge in [0.1, 0.15) is 11.6 Å². The molecule has 0 aliphatic rings. The number of thiophene rings is 1.